The van der Waals surface area contributed by atoms with Crippen LogP contribution in [0.3, 0.4) is 0 Å². The zero-order valence-corrected chi connectivity index (χ0v) is 20.4. The van der Waals surface area contributed by atoms with E-state index in [4.69, 9.17) is 4.98 Å². The second-order valence-corrected chi connectivity index (χ2v) is 11.4. The Labute approximate surface area is 196 Å². The van der Waals surface area contributed by atoms with E-state index in [9.17, 15) is 0 Å². The molecule has 0 spiro atoms. The number of rotatable bonds is 3. The third-order valence-electron chi connectivity index (χ3n) is 6.50. The van der Waals surface area contributed by atoms with Crippen LogP contribution in [-0.2, 0) is 0 Å². The van der Waals surface area contributed by atoms with Crippen LogP contribution >= 0.6 is 22.7 Å². The van der Waals surface area contributed by atoms with Crippen molar-refractivity contribution in [3.8, 4) is 11.3 Å². The molecule has 0 fully saturated rings. The Bertz CT molecular complexity index is 1630. The van der Waals surface area contributed by atoms with Gasteiger partial charge in [0.25, 0.3) is 0 Å². The van der Waals surface area contributed by atoms with Crippen molar-refractivity contribution in [3.05, 3.63) is 78.0 Å². The molecule has 0 aliphatic carbocycles. The predicted octanol–water partition coefficient (Wildman–Crippen LogP) is 9.73. The lowest BCUT2D eigenvalue weighted by molar-refractivity contribution is 0.864. The van der Waals surface area contributed by atoms with Gasteiger partial charge in [0.05, 0.1) is 5.69 Å². The summed E-state index contributed by atoms with van der Waals surface area (Å²) in [6, 6.07) is 22.7. The highest BCUT2D eigenvalue weighted by Crippen LogP contribution is 2.48. The van der Waals surface area contributed by atoms with Crippen molar-refractivity contribution in [2.24, 2.45) is 0 Å². The summed E-state index contributed by atoms with van der Waals surface area (Å²) < 4.78 is 5.42. The van der Waals surface area contributed by atoms with E-state index in [2.05, 4.69) is 88.4 Å². The van der Waals surface area contributed by atoms with Crippen LogP contribution in [0.5, 0.6) is 0 Å². The zero-order chi connectivity index (χ0) is 22.0. The average Bonchev–Trinajstić information content (AvgIpc) is 3.35. The molecule has 3 aromatic heterocycles. The zero-order valence-electron chi connectivity index (χ0n) is 18.8. The number of hydrogen-bond donors (Lipinski definition) is 0. The minimum atomic E-state index is 0.483. The van der Waals surface area contributed by atoms with Crippen molar-refractivity contribution in [1.82, 2.24) is 4.98 Å². The van der Waals surface area contributed by atoms with Crippen LogP contribution in [0.1, 0.15) is 50.7 Å². The van der Waals surface area contributed by atoms with Crippen LogP contribution < -0.4 is 0 Å². The van der Waals surface area contributed by atoms with Crippen molar-refractivity contribution in [3.63, 3.8) is 0 Å². The fourth-order valence-electron chi connectivity index (χ4n) is 4.67. The van der Waals surface area contributed by atoms with Gasteiger partial charge in [-0.15, -0.1) is 22.7 Å². The van der Waals surface area contributed by atoms with Crippen molar-refractivity contribution < 1.29 is 0 Å². The molecule has 0 aliphatic heterocycles. The maximum Gasteiger partial charge on any atom is 0.0719 e. The lowest BCUT2D eigenvalue weighted by atomic mass is 9.97. The molecule has 3 heteroatoms. The monoisotopic (exact) mass is 451 g/mol. The van der Waals surface area contributed by atoms with E-state index < -0.39 is 0 Å². The van der Waals surface area contributed by atoms with Gasteiger partial charge in [0, 0.05) is 52.1 Å². The van der Waals surface area contributed by atoms with Crippen LogP contribution in [0.15, 0.2) is 66.9 Å². The molecule has 158 valence electrons. The number of aromatic nitrogens is 1. The third-order valence-corrected chi connectivity index (χ3v) is 8.80. The summed E-state index contributed by atoms with van der Waals surface area (Å²) in [5, 5.41) is 5.51. The van der Waals surface area contributed by atoms with Gasteiger partial charge in [0.2, 0.25) is 0 Å². The first kappa shape index (κ1) is 19.9. The van der Waals surface area contributed by atoms with E-state index in [1.54, 1.807) is 0 Å². The van der Waals surface area contributed by atoms with E-state index in [0.717, 1.165) is 5.69 Å². The Morgan fingerprint density at radius 1 is 0.656 bits per heavy atom. The van der Waals surface area contributed by atoms with Gasteiger partial charge in [0.1, 0.15) is 0 Å². The Morgan fingerprint density at radius 3 is 2.22 bits per heavy atom. The van der Waals surface area contributed by atoms with Crippen LogP contribution in [0.4, 0.5) is 0 Å². The summed E-state index contributed by atoms with van der Waals surface area (Å²) >= 11 is 3.81. The van der Waals surface area contributed by atoms with Gasteiger partial charge < -0.3 is 0 Å². The molecule has 0 saturated carbocycles. The van der Waals surface area contributed by atoms with E-state index in [1.165, 1.54) is 57.0 Å². The Hall–Kier alpha value is -2.75. The quantitative estimate of drug-likeness (QED) is 0.261. The molecule has 32 heavy (non-hydrogen) atoms. The third kappa shape index (κ3) is 2.99. The van der Waals surface area contributed by atoms with Crippen molar-refractivity contribution in [1.29, 1.82) is 0 Å². The first-order chi connectivity index (χ1) is 15.5. The maximum atomic E-state index is 4.83. The molecule has 0 N–H and O–H groups in total. The largest absolute Gasteiger partial charge is 0.256 e. The van der Waals surface area contributed by atoms with Crippen LogP contribution in [-0.4, -0.2) is 4.98 Å². The van der Waals surface area contributed by atoms with Crippen molar-refractivity contribution in [2.45, 2.75) is 39.5 Å². The highest BCUT2D eigenvalue weighted by molar-refractivity contribution is 7.28. The van der Waals surface area contributed by atoms with Crippen LogP contribution in [0.2, 0.25) is 0 Å². The predicted molar refractivity (Wildman–Crippen MR) is 144 cm³/mol. The van der Waals surface area contributed by atoms with Gasteiger partial charge in [-0.1, -0.05) is 58.0 Å². The highest BCUT2D eigenvalue weighted by atomic mass is 32.1. The number of pyridine rings is 1. The molecular weight excluding hydrogens is 426 g/mol. The molecule has 1 nitrogen and oxygen atoms in total. The second kappa shape index (κ2) is 7.40. The number of hydrogen-bond acceptors (Lipinski definition) is 3. The van der Waals surface area contributed by atoms with E-state index >= 15 is 0 Å². The molecule has 3 aromatic carbocycles. The summed E-state index contributed by atoms with van der Waals surface area (Å²) in [6.45, 7) is 9.03. The second-order valence-electron chi connectivity index (χ2n) is 9.24. The van der Waals surface area contributed by atoms with Gasteiger partial charge in [-0.3, -0.25) is 4.98 Å². The molecule has 0 aliphatic rings. The number of nitrogens with zero attached hydrogens (tertiary/aromatic N) is 1. The number of thiophene rings is 2. The molecular formula is C29H25NS2. The standard InChI is InChI=1S/C29H25NS2/c1-16(2)18-9-10-21-25(14-18)32-29-22(23-13-19(17(3)4)11-12-30-23)15-26-27(28(21)29)20-7-5-6-8-24(20)31-26/h5-17H,1-4H3. The smallest absolute Gasteiger partial charge is 0.0719 e. The van der Waals surface area contributed by atoms with Gasteiger partial charge in [0.15, 0.2) is 0 Å². The van der Waals surface area contributed by atoms with Crippen LogP contribution in [0.25, 0.3) is 51.6 Å². The Kier molecular flexibility index (Phi) is 4.60. The van der Waals surface area contributed by atoms with Gasteiger partial charge in [-0.2, -0.15) is 0 Å². The van der Waals surface area contributed by atoms with E-state index in [1.807, 2.05) is 28.9 Å². The molecule has 0 saturated heterocycles. The lowest BCUT2D eigenvalue weighted by Crippen LogP contribution is -1.91. The van der Waals surface area contributed by atoms with Crippen LogP contribution in [0, 0.1) is 0 Å². The molecule has 3 heterocycles. The Morgan fingerprint density at radius 2 is 1.41 bits per heavy atom. The summed E-state index contributed by atoms with van der Waals surface area (Å²) in [6.07, 6.45) is 1.97. The van der Waals surface area contributed by atoms with Gasteiger partial charge in [-0.25, -0.2) is 0 Å². The fourth-order valence-corrected chi connectivity index (χ4v) is 7.11. The van der Waals surface area contributed by atoms with Gasteiger partial charge in [-0.05, 0) is 53.3 Å². The van der Waals surface area contributed by atoms with Crippen molar-refractivity contribution in [2.75, 3.05) is 0 Å². The molecule has 0 bridgehead atoms. The lowest BCUT2D eigenvalue weighted by Gasteiger charge is -2.09. The first-order valence-electron chi connectivity index (χ1n) is 11.3. The average molecular weight is 452 g/mol. The van der Waals surface area contributed by atoms with Gasteiger partial charge >= 0.3 is 0 Å². The SMILES string of the molecule is CC(C)c1ccnc(-c2cc3sc4ccccc4c3c3c2sc2cc(C(C)C)ccc23)c1. The summed E-state index contributed by atoms with van der Waals surface area (Å²) in [7, 11) is 0. The number of benzene rings is 3. The normalized spacial score (nSPS) is 12.3. The molecule has 0 atom stereocenters. The molecule has 0 unspecified atom stereocenters. The van der Waals surface area contributed by atoms with Crippen molar-refractivity contribution >= 4 is 63.0 Å². The summed E-state index contributed by atoms with van der Waals surface area (Å²) in [5.41, 5.74) is 5.07. The molecule has 0 amide bonds. The summed E-state index contributed by atoms with van der Waals surface area (Å²) in [4.78, 5) is 4.83. The highest BCUT2D eigenvalue weighted by Gasteiger charge is 2.19. The number of fused-ring (bicyclic) bond motifs is 7. The fraction of sp³-hybridized carbons (Fsp3) is 0.207. The molecule has 0 radical (unpaired) electrons. The maximum absolute atomic E-state index is 4.83. The van der Waals surface area contributed by atoms with E-state index in [0.29, 0.717) is 11.8 Å². The van der Waals surface area contributed by atoms with E-state index in [-0.39, 0.29) is 0 Å². The topological polar surface area (TPSA) is 12.9 Å². The summed E-state index contributed by atoms with van der Waals surface area (Å²) in [5.74, 6) is 1.01. The molecule has 6 rings (SSSR count). The Balaban J connectivity index is 1.79. The molecule has 6 aromatic rings. The first-order valence-corrected chi connectivity index (χ1v) is 12.9. The minimum Gasteiger partial charge on any atom is -0.256 e. The minimum absolute atomic E-state index is 0.483.